The molecule has 1 amide bonds. The molecule has 1 heterocycles. The molecule has 10 heteroatoms. The average Bonchev–Trinajstić information content (AvgIpc) is 2.70. The van der Waals surface area contributed by atoms with Gasteiger partial charge in [0.25, 0.3) is 5.91 Å². The summed E-state index contributed by atoms with van der Waals surface area (Å²) in [5.41, 5.74) is -0.981. The molecule has 0 saturated heterocycles. The van der Waals surface area contributed by atoms with Crippen LogP contribution in [0.5, 0.6) is 0 Å². The van der Waals surface area contributed by atoms with Crippen molar-refractivity contribution in [2.24, 2.45) is 0 Å². The number of carbonyl (C=O) groups excluding carboxylic acids is 1. The van der Waals surface area contributed by atoms with Crippen molar-refractivity contribution in [3.05, 3.63) is 69.8 Å². The SMILES string of the molecule is CC(C)(O)CNC(=O)c1cc(-c2ccc(Cl)cc2)nc(-c2ccc(C(F)(F)F)c(Cl)c2)n1. The highest BCUT2D eigenvalue weighted by atomic mass is 35.5. The Morgan fingerprint density at radius 3 is 2.19 bits per heavy atom. The van der Waals surface area contributed by atoms with Gasteiger partial charge < -0.3 is 10.4 Å². The standard InChI is InChI=1S/C22H18Cl2F3N3O2/c1-21(2,32)11-28-20(31)18-10-17(12-3-6-14(23)7-4-12)29-19(30-18)13-5-8-15(16(24)9-13)22(25,26)27/h3-10,32H,11H2,1-2H3,(H,28,31). The summed E-state index contributed by atoms with van der Waals surface area (Å²) in [7, 11) is 0. The summed E-state index contributed by atoms with van der Waals surface area (Å²) < 4.78 is 39.2. The van der Waals surface area contributed by atoms with Crippen LogP contribution in [0.2, 0.25) is 10.0 Å². The number of nitrogens with one attached hydrogen (secondary N) is 1. The number of alkyl halides is 3. The molecule has 0 saturated carbocycles. The first-order chi connectivity index (χ1) is 14.8. The van der Waals surface area contributed by atoms with Gasteiger partial charge in [-0.25, -0.2) is 9.97 Å². The van der Waals surface area contributed by atoms with Crippen molar-refractivity contribution in [1.29, 1.82) is 0 Å². The number of nitrogens with zero attached hydrogens (tertiary/aromatic N) is 2. The Morgan fingerprint density at radius 2 is 1.62 bits per heavy atom. The molecule has 0 unspecified atom stereocenters. The van der Waals surface area contributed by atoms with E-state index in [0.717, 1.165) is 12.1 Å². The minimum Gasteiger partial charge on any atom is -0.389 e. The summed E-state index contributed by atoms with van der Waals surface area (Å²) in [6.07, 6.45) is -4.61. The third-order valence-corrected chi connectivity index (χ3v) is 4.88. The highest BCUT2D eigenvalue weighted by Gasteiger charge is 2.33. The molecule has 0 aliphatic rings. The van der Waals surface area contributed by atoms with Crippen LogP contribution in [-0.2, 0) is 6.18 Å². The number of hydrogen-bond acceptors (Lipinski definition) is 4. The predicted octanol–water partition coefficient (Wildman–Crippen LogP) is 5.64. The van der Waals surface area contributed by atoms with E-state index in [1.807, 2.05) is 0 Å². The third-order valence-electron chi connectivity index (χ3n) is 4.31. The van der Waals surface area contributed by atoms with E-state index >= 15 is 0 Å². The zero-order chi connectivity index (χ0) is 23.7. The van der Waals surface area contributed by atoms with Crippen molar-refractivity contribution in [2.45, 2.75) is 25.6 Å². The molecule has 3 rings (SSSR count). The maximum atomic E-state index is 13.1. The van der Waals surface area contributed by atoms with Crippen molar-refractivity contribution >= 4 is 29.1 Å². The second-order valence-electron chi connectivity index (χ2n) is 7.66. The van der Waals surface area contributed by atoms with Crippen molar-refractivity contribution in [1.82, 2.24) is 15.3 Å². The molecule has 0 fully saturated rings. The molecule has 1 aromatic heterocycles. The van der Waals surface area contributed by atoms with E-state index in [1.54, 1.807) is 24.3 Å². The Balaban J connectivity index is 2.09. The summed E-state index contributed by atoms with van der Waals surface area (Å²) in [6, 6.07) is 11.2. The van der Waals surface area contributed by atoms with Crippen LogP contribution in [0.1, 0.15) is 29.9 Å². The summed E-state index contributed by atoms with van der Waals surface area (Å²) >= 11 is 11.8. The van der Waals surface area contributed by atoms with Gasteiger partial charge in [0.2, 0.25) is 0 Å². The topological polar surface area (TPSA) is 75.1 Å². The van der Waals surface area contributed by atoms with Crippen LogP contribution < -0.4 is 5.32 Å². The Kier molecular flexibility index (Phi) is 6.78. The molecule has 3 aromatic rings. The number of rotatable bonds is 5. The molecule has 5 nitrogen and oxygen atoms in total. The molecule has 0 atom stereocenters. The first-order valence-electron chi connectivity index (χ1n) is 9.36. The molecular formula is C22H18Cl2F3N3O2. The average molecular weight is 484 g/mol. The van der Waals surface area contributed by atoms with E-state index in [0.29, 0.717) is 16.3 Å². The molecular weight excluding hydrogens is 466 g/mol. The summed E-state index contributed by atoms with van der Waals surface area (Å²) in [6.45, 7) is 3.03. The van der Waals surface area contributed by atoms with E-state index in [4.69, 9.17) is 23.2 Å². The lowest BCUT2D eigenvalue weighted by Gasteiger charge is -2.17. The number of aromatic nitrogens is 2. The van der Waals surface area contributed by atoms with Gasteiger partial charge in [-0.15, -0.1) is 0 Å². The number of aliphatic hydroxyl groups is 1. The Morgan fingerprint density at radius 1 is 1.00 bits per heavy atom. The highest BCUT2D eigenvalue weighted by Crippen LogP contribution is 2.36. The zero-order valence-corrected chi connectivity index (χ0v) is 18.5. The van der Waals surface area contributed by atoms with E-state index in [1.165, 1.54) is 26.0 Å². The molecule has 0 bridgehead atoms. The molecule has 168 valence electrons. The van der Waals surface area contributed by atoms with E-state index < -0.39 is 28.3 Å². The van der Waals surface area contributed by atoms with E-state index in [-0.39, 0.29) is 23.6 Å². The number of hydrogen-bond donors (Lipinski definition) is 2. The van der Waals surface area contributed by atoms with Gasteiger partial charge in [-0.2, -0.15) is 13.2 Å². The molecule has 0 spiro atoms. The van der Waals surface area contributed by atoms with Crippen LogP contribution >= 0.6 is 23.2 Å². The van der Waals surface area contributed by atoms with Gasteiger partial charge in [0, 0.05) is 22.7 Å². The van der Waals surface area contributed by atoms with Crippen molar-refractivity contribution in [3.8, 4) is 22.6 Å². The van der Waals surface area contributed by atoms with Crippen molar-refractivity contribution < 1.29 is 23.1 Å². The van der Waals surface area contributed by atoms with Gasteiger partial charge >= 0.3 is 6.18 Å². The highest BCUT2D eigenvalue weighted by molar-refractivity contribution is 6.31. The van der Waals surface area contributed by atoms with Gasteiger partial charge in [0.1, 0.15) is 5.69 Å². The first kappa shape index (κ1) is 24.0. The Hall–Kier alpha value is -2.68. The second kappa shape index (κ2) is 9.05. The lowest BCUT2D eigenvalue weighted by molar-refractivity contribution is -0.137. The number of amides is 1. The van der Waals surface area contributed by atoms with E-state index in [9.17, 15) is 23.1 Å². The molecule has 2 N–H and O–H groups in total. The van der Waals surface area contributed by atoms with Crippen molar-refractivity contribution in [3.63, 3.8) is 0 Å². The fourth-order valence-electron chi connectivity index (χ4n) is 2.73. The second-order valence-corrected chi connectivity index (χ2v) is 8.50. The fraction of sp³-hybridized carbons (Fsp3) is 0.227. The minimum absolute atomic E-state index is 0.0153. The van der Waals surface area contributed by atoms with Gasteiger partial charge in [-0.1, -0.05) is 41.4 Å². The summed E-state index contributed by atoms with van der Waals surface area (Å²) in [5, 5.41) is 12.4. The smallest absolute Gasteiger partial charge is 0.389 e. The van der Waals surface area contributed by atoms with Gasteiger partial charge in [0.05, 0.1) is 21.9 Å². The maximum absolute atomic E-state index is 13.1. The van der Waals surface area contributed by atoms with Gasteiger partial charge in [-0.3, -0.25) is 4.79 Å². The lowest BCUT2D eigenvalue weighted by Crippen LogP contribution is -2.38. The quantitative estimate of drug-likeness (QED) is 0.492. The van der Waals surface area contributed by atoms with Crippen LogP contribution in [0.15, 0.2) is 48.5 Å². The zero-order valence-electron chi connectivity index (χ0n) is 17.0. The Bertz CT molecular complexity index is 1140. The summed E-state index contributed by atoms with van der Waals surface area (Å²) in [5.74, 6) is -0.564. The van der Waals surface area contributed by atoms with Crippen LogP contribution in [0.3, 0.4) is 0 Å². The first-order valence-corrected chi connectivity index (χ1v) is 10.1. The summed E-state index contributed by atoms with van der Waals surface area (Å²) in [4.78, 5) is 21.3. The fourth-order valence-corrected chi connectivity index (χ4v) is 3.15. The molecule has 0 aliphatic carbocycles. The number of halogens is 5. The number of benzene rings is 2. The predicted molar refractivity (Wildman–Crippen MR) is 117 cm³/mol. The largest absolute Gasteiger partial charge is 0.417 e. The minimum atomic E-state index is -4.61. The monoisotopic (exact) mass is 483 g/mol. The maximum Gasteiger partial charge on any atom is 0.417 e. The third kappa shape index (κ3) is 5.97. The van der Waals surface area contributed by atoms with Crippen LogP contribution in [0.4, 0.5) is 13.2 Å². The molecule has 0 aliphatic heterocycles. The number of carbonyl (C=O) groups is 1. The molecule has 32 heavy (non-hydrogen) atoms. The van der Waals surface area contributed by atoms with Crippen LogP contribution in [-0.4, -0.2) is 33.1 Å². The molecule has 2 aromatic carbocycles. The Labute approximate surface area is 192 Å². The molecule has 0 radical (unpaired) electrons. The van der Waals surface area contributed by atoms with Crippen LogP contribution in [0.25, 0.3) is 22.6 Å². The van der Waals surface area contributed by atoms with Crippen molar-refractivity contribution in [2.75, 3.05) is 6.54 Å². The lowest BCUT2D eigenvalue weighted by atomic mass is 10.1. The van der Waals surface area contributed by atoms with E-state index in [2.05, 4.69) is 15.3 Å². The van der Waals surface area contributed by atoms with Gasteiger partial charge in [0.15, 0.2) is 5.82 Å². The van der Waals surface area contributed by atoms with Gasteiger partial charge in [-0.05, 0) is 44.2 Å². The normalized spacial score (nSPS) is 12.0. The van der Waals surface area contributed by atoms with Crippen LogP contribution in [0, 0.1) is 0 Å².